The Hall–Kier alpha value is -3.35. The van der Waals surface area contributed by atoms with E-state index < -0.39 is 5.91 Å². The van der Waals surface area contributed by atoms with Crippen molar-refractivity contribution in [3.05, 3.63) is 71.3 Å². The number of hydrogen-bond acceptors (Lipinski definition) is 3. The van der Waals surface area contributed by atoms with E-state index in [4.69, 9.17) is 10.7 Å². The van der Waals surface area contributed by atoms with E-state index in [2.05, 4.69) is 54.1 Å². The van der Waals surface area contributed by atoms with Gasteiger partial charge in [-0.3, -0.25) is 9.59 Å². The number of aliphatic imine (C=N–C) groups is 1. The molecule has 7 nitrogen and oxygen atoms in total. The van der Waals surface area contributed by atoms with Crippen LogP contribution in [0, 0.1) is 0 Å². The van der Waals surface area contributed by atoms with Gasteiger partial charge in [0, 0.05) is 24.1 Å². The number of rotatable bonds is 11. The largest absolute Gasteiger partial charge is 0.368 e. The molecule has 172 valence electrons. The molecule has 0 aromatic heterocycles. The lowest BCUT2D eigenvalue weighted by Crippen LogP contribution is -2.45. The zero-order valence-electron chi connectivity index (χ0n) is 19.3. The molecule has 0 unspecified atom stereocenters. The van der Waals surface area contributed by atoms with Gasteiger partial charge in [0.05, 0.1) is 13.1 Å². The van der Waals surface area contributed by atoms with Crippen molar-refractivity contribution in [2.75, 3.05) is 19.6 Å². The summed E-state index contributed by atoms with van der Waals surface area (Å²) in [5.74, 6) is -0.140. The van der Waals surface area contributed by atoms with Gasteiger partial charge < -0.3 is 21.7 Å². The lowest BCUT2D eigenvalue weighted by molar-refractivity contribution is -0.117. The molecule has 2 aromatic carbocycles. The Kier molecular flexibility index (Phi) is 9.73. The minimum Gasteiger partial charge on any atom is -0.368 e. The summed E-state index contributed by atoms with van der Waals surface area (Å²) >= 11 is 0. The summed E-state index contributed by atoms with van der Waals surface area (Å²) in [5, 5.41) is 9.31. The number of carbonyl (C=O) groups excluding carboxylic acids is 2. The molecule has 0 aliphatic rings. The maximum atomic E-state index is 12.0. The van der Waals surface area contributed by atoms with Gasteiger partial charge in [-0.15, -0.1) is 0 Å². The zero-order valence-corrected chi connectivity index (χ0v) is 19.3. The van der Waals surface area contributed by atoms with Crippen molar-refractivity contribution in [3.63, 3.8) is 0 Å². The SMILES string of the molecule is CCNC(=NCc1ccc(C(=O)NCC(N)=O)cc1)NCC(CC)(CC)c1ccccc1. The highest BCUT2D eigenvalue weighted by atomic mass is 16.2. The average molecular weight is 438 g/mol. The first kappa shape index (κ1) is 24.9. The van der Waals surface area contributed by atoms with Crippen LogP contribution < -0.4 is 21.7 Å². The van der Waals surface area contributed by atoms with Gasteiger partial charge in [0.25, 0.3) is 5.91 Å². The molecule has 0 aliphatic heterocycles. The Morgan fingerprint density at radius 2 is 1.56 bits per heavy atom. The number of hydrogen-bond donors (Lipinski definition) is 4. The molecular formula is C25H35N5O2. The van der Waals surface area contributed by atoms with Crippen LogP contribution in [-0.2, 0) is 16.8 Å². The summed E-state index contributed by atoms with van der Waals surface area (Å²) in [4.78, 5) is 27.5. The van der Waals surface area contributed by atoms with E-state index >= 15 is 0 Å². The van der Waals surface area contributed by atoms with E-state index in [0.717, 1.165) is 37.5 Å². The molecule has 2 aromatic rings. The van der Waals surface area contributed by atoms with E-state index in [1.54, 1.807) is 12.1 Å². The van der Waals surface area contributed by atoms with Crippen LogP contribution in [-0.4, -0.2) is 37.4 Å². The van der Waals surface area contributed by atoms with Gasteiger partial charge >= 0.3 is 0 Å². The summed E-state index contributed by atoms with van der Waals surface area (Å²) in [6.45, 7) is 8.35. The number of carbonyl (C=O) groups is 2. The molecule has 0 heterocycles. The minimum absolute atomic E-state index is 0.0391. The molecule has 7 heteroatoms. The third-order valence-corrected chi connectivity index (χ3v) is 5.74. The normalized spacial score (nSPS) is 11.7. The lowest BCUT2D eigenvalue weighted by Gasteiger charge is -2.33. The maximum Gasteiger partial charge on any atom is 0.251 e. The molecule has 5 N–H and O–H groups in total. The molecule has 2 amide bonds. The van der Waals surface area contributed by atoms with Gasteiger partial charge in [0.1, 0.15) is 0 Å². The number of primary amides is 1. The van der Waals surface area contributed by atoms with Crippen LogP contribution in [0.3, 0.4) is 0 Å². The van der Waals surface area contributed by atoms with Crippen LogP contribution in [0.2, 0.25) is 0 Å². The predicted molar refractivity (Wildman–Crippen MR) is 129 cm³/mol. The van der Waals surface area contributed by atoms with Crippen molar-refractivity contribution in [2.24, 2.45) is 10.7 Å². The summed E-state index contributed by atoms with van der Waals surface area (Å²) in [6, 6.07) is 17.8. The fourth-order valence-electron chi connectivity index (χ4n) is 3.60. The number of benzene rings is 2. The number of guanidine groups is 1. The zero-order chi connectivity index (χ0) is 23.4. The average Bonchev–Trinajstić information content (AvgIpc) is 2.82. The van der Waals surface area contributed by atoms with Gasteiger partial charge in [0.15, 0.2) is 5.96 Å². The van der Waals surface area contributed by atoms with Crippen LogP contribution >= 0.6 is 0 Å². The predicted octanol–water partition coefficient (Wildman–Crippen LogP) is 2.71. The summed E-state index contributed by atoms with van der Waals surface area (Å²) in [7, 11) is 0. The third kappa shape index (κ3) is 7.11. The molecular weight excluding hydrogens is 402 g/mol. The first-order valence-electron chi connectivity index (χ1n) is 11.2. The van der Waals surface area contributed by atoms with Crippen LogP contribution in [0.15, 0.2) is 59.6 Å². The van der Waals surface area contributed by atoms with Crippen molar-refractivity contribution in [3.8, 4) is 0 Å². The van der Waals surface area contributed by atoms with E-state index in [1.807, 2.05) is 25.1 Å². The molecule has 0 bridgehead atoms. The minimum atomic E-state index is -0.574. The molecule has 32 heavy (non-hydrogen) atoms. The van der Waals surface area contributed by atoms with Crippen molar-refractivity contribution in [1.29, 1.82) is 0 Å². The molecule has 0 saturated carbocycles. The quantitative estimate of drug-likeness (QED) is 0.320. The standard InChI is InChI=1S/C25H35N5O2/c1-4-25(5-2,21-10-8-7-9-11-21)18-30-24(27-6-3)29-16-19-12-14-20(15-13-19)23(32)28-17-22(26)31/h7-15H,4-6,16-18H2,1-3H3,(H2,26,31)(H,28,32)(H2,27,29,30). The number of nitrogens with two attached hydrogens (primary N) is 1. The second kappa shape index (κ2) is 12.5. The summed E-state index contributed by atoms with van der Waals surface area (Å²) in [5.41, 5.74) is 7.88. The monoisotopic (exact) mass is 437 g/mol. The summed E-state index contributed by atoms with van der Waals surface area (Å²) < 4.78 is 0. The lowest BCUT2D eigenvalue weighted by atomic mass is 9.76. The van der Waals surface area contributed by atoms with E-state index in [0.29, 0.717) is 12.1 Å². The molecule has 0 radical (unpaired) electrons. The fourth-order valence-corrected chi connectivity index (χ4v) is 3.60. The highest BCUT2D eigenvalue weighted by molar-refractivity contribution is 5.96. The first-order chi connectivity index (χ1) is 15.4. The van der Waals surface area contributed by atoms with Crippen LogP contribution in [0.1, 0.15) is 55.1 Å². The van der Waals surface area contributed by atoms with Crippen LogP contribution in [0.25, 0.3) is 0 Å². The third-order valence-electron chi connectivity index (χ3n) is 5.74. The topological polar surface area (TPSA) is 109 Å². The van der Waals surface area contributed by atoms with Crippen LogP contribution in [0.5, 0.6) is 0 Å². The number of amides is 2. The van der Waals surface area contributed by atoms with Gasteiger partial charge in [-0.2, -0.15) is 0 Å². The maximum absolute atomic E-state index is 12.0. The highest BCUT2D eigenvalue weighted by Crippen LogP contribution is 2.30. The molecule has 0 saturated heterocycles. The number of nitrogens with one attached hydrogen (secondary N) is 3. The van der Waals surface area contributed by atoms with Crippen molar-refractivity contribution in [1.82, 2.24) is 16.0 Å². The van der Waals surface area contributed by atoms with Gasteiger partial charge in [-0.05, 0) is 43.0 Å². The Labute approximate surface area is 190 Å². The molecule has 0 aliphatic carbocycles. The number of nitrogens with zero attached hydrogens (tertiary/aromatic N) is 1. The van der Waals surface area contributed by atoms with Gasteiger partial charge in [-0.1, -0.05) is 56.3 Å². The second-order valence-electron chi connectivity index (χ2n) is 7.75. The molecule has 0 fully saturated rings. The van der Waals surface area contributed by atoms with E-state index in [-0.39, 0.29) is 17.9 Å². The van der Waals surface area contributed by atoms with Gasteiger partial charge in [0.2, 0.25) is 5.91 Å². The van der Waals surface area contributed by atoms with Crippen molar-refractivity contribution < 1.29 is 9.59 Å². The van der Waals surface area contributed by atoms with Gasteiger partial charge in [-0.25, -0.2) is 4.99 Å². The molecule has 0 spiro atoms. The Morgan fingerprint density at radius 1 is 0.906 bits per heavy atom. The smallest absolute Gasteiger partial charge is 0.251 e. The Morgan fingerprint density at radius 3 is 2.12 bits per heavy atom. The van der Waals surface area contributed by atoms with Crippen molar-refractivity contribution in [2.45, 2.75) is 45.6 Å². The second-order valence-corrected chi connectivity index (χ2v) is 7.75. The Bertz CT molecular complexity index is 890. The fraction of sp³-hybridized carbons (Fsp3) is 0.400. The molecule has 0 atom stereocenters. The molecule has 2 rings (SSSR count). The summed E-state index contributed by atoms with van der Waals surface area (Å²) in [6.07, 6.45) is 2.05. The van der Waals surface area contributed by atoms with Crippen LogP contribution in [0.4, 0.5) is 0 Å². The Balaban J connectivity index is 2.04. The highest BCUT2D eigenvalue weighted by Gasteiger charge is 2.28. The van der Waals surface area contributed by atoms with Crippen molar-refractivity contribution >= 4 is 17.8 Å². The van der Waals surface area contributed by atoms with E-state index in [1.165, 1.54) is 5.56 Å². The first-order valence-corrected chi connectivity index (χ1v) is 11.2. The van der Waals surface area contributed by atoms with E-state index in [9.17, 15) is 9.59 Å².